The highest BCUT2D eigenvalue weighted by atomic mass is 19.4. The lowest BCUT2D eigenvalue weighted by Gasteiger charge is -2.14. The van der Waals surface area contributed by atoms with E-state index in [-0.39, 0.29) is 17.7 Å². The van der Waals surface area contributed by atoms with Gasteiger partial charge in [-0.05, 0) is 23.3 Å². The number of hydrogen-bond donors (Lipinski definition) is 0. The maximum absolute atomic E-state index is 12.5. The normalized spacial score (nSPS) is 19.7. The Hall–Kier alpha value is -1.54. The van der Waals surface area contributed by atoms with E-state index in [1.165, 1.54) is 18.2 Å². The van der Waals surface area contributed by atoms with E-state index >= 15 is 0 Å². The lowest BCUT2D eigenvalue weighted by molar-refractivity contribution is -0.219. The van der Waals surface area contributed by atoms with Gasteiger partial charge in [-0.2, -0.15) is 18.4 Å². The number of fused-ring (bicyclic) bond motifs is 1. The molecule has 0 fully saturated rings. The van der Waals surface area contributed by atoms with Crippen LogP contribution in [-0.4, -0.2) is 6.18 Å². The van der Waals surface area contributed by atoms with Crippen LogP contribution in [0.3, 0.4) is 0 Å². The summed E-state index contributed by atoms with van der Waals surface area (Å²) >= 11 is 0. The van der Waals surface area contributed by atoms with Gasteiger partial charge in [0.2, 0.25) is 0 Å². The molecule has 0 aromatic heterocycles. The van der Waals surface area contributed by atoms with Crippen LogP contribution in [0.5, 0.6) is 0 Å². The average molecular weight is 213 g/mol. The molecule has 1 atom stereocenters. The van der Waals surface area contributed by atoms with Crippen molar-refractivity contribution in [2.45, 2.75) is 18.9 Å². The number of nitriles is 1. The largest absolute Gasteiger partial charge is 0.418 e. The number of ether oxygens (including phenoxy) is 1. The highest BCUT2D eigenvalue weighted by Gasteiger charge is 2.45. The van der Waals surface area contributed by atoms with E-state index in [2.05, 4.69) is 4.74 Å². The summed E-state index contributed by atoms with van der Waals surface area (Å²) in [4.78, 5) is 0. The van der Waals surface area contributed by atoms with E-state index in [1.54, 1.807) is 6.07 Å². The van der Waals surface area contributed by atoms with Gasteiger partial charge >= 0.3 is 6.18 Å². The summed E-state index contributed by atoms with van der Waals surface area (Å²) in [5, 5.41) is 8.59. The zero-order chi connectivity index (χ0) is 11.1. The molecule has 0 radical (unpaired) electrons. The van der Waals surface area contributed by atoms with E-state index in [0.29, 0.717) is 5.56 Å². The van der Waals surface area contributed by atoms with E-state index in [4.69, 9.17) is 5.26 Å². The Morgan fingerprint density at radius 3 is 2.73 bits per heavy atom. The van der Waals surface area contributed by atoms with Gasteiger partial charge in [-0.15, -0.1) is 0 Å². The number of benzene rings is 1. The van der Waals surface area contributed by atoms with Crippen LogP contribution in [0.2, 0.25) is 0 Å². The Bertz CT molecular complexity index is 433. The summed E-state index contributed by atoms with van der Waals surface area (Å²) in [5.41, 5.74) is 0.770. The first kappa shape index (κ1) is 9.99. The molecule has 1 aromatic carbocycles. The quantitative estimate of drug-likeness (QED) is 0.663. The molecule has 1 aromatic rings. The third kappa shape index (κ3) is 1.68. The fraction of sp³-hybridized carbons (Fsp3) is 0.300. The van der Waals surface area contributed by atoms with E-state index in [9.17, 15) is 13.2 Å². The lowest BCUT2D eigenvalue weighted by Crippen LogP contribution is -2.19. The highest BCUT2D eigenvalue weighted by Crippen LogP contribution is 2.42. The fourth-order valence-electron chi connectivity index (χ4n) is 1.57. The predicted molar refractivity (Wildman–Crippen MR) is 44.7 cm³/mol. The van der Waals surface area contributed by atoms with Crippen molar-refractivity contribution in [1.29, 1.82) is 5.26 Å². The van der Waals surface area contributed by atoms with Crippen LogP contribution in [-0.2, 0) is 11.3 Å². The van der Waals surface area contributed by atoms with Gasteiger partial charge in [0.1, 0.15) is 0 Å². The van der Waals surface area contributed by atoms with Gasteiger partial charge in [0.05, 0.1) is 18.2 Å². The molecule has 1 aliphatic rings. The Balaban J connectivity index is 2.46. The van der Waals surface area contributed by atoms with Gasteiger partial charge in [0.25, 0.3) is 0 Å². The number of halogens is 3. The molecule has 0 saturated heterocycles. The Kier molecular flexibility index (Phi) is 2.16. The summed E-state index contributed by atoms with van der Waals surface area (Å²) < 4.78 is 42.1. The van der Waals surface area contributed by atoms with Gasteiger partial charge in [-0.25, -0.2) is 0 Å². The lowest BCUT2D eigenvalue weighted by atomic mass is 10.0. The standard InChI is InChI=1S/C10H6F3NO/c11-10(12,13)9-8-3-6(4-14)1-2-7(8)5-15-9/h1-3,9H,5H2. The molecule has 1 aliphatic heterocycles. The van der Waals surface area contributed by atoms with Gasteiger partial charge in [-0.1, -0.05) is 6.07 Å². The maximum Gasteiger partial charge on any atom is 0.418 e. The van der Waals surface area contributed by atoms with Crippen LogP contribution in [0, 0.1) is 11.3 Å². The molecule has 2 nitrogen and oxygen atoms in total. The van der Waals surface area contributed by atoms with Crippen molar-refractivity contribution in [3.63, 3.8) is 0 Å². The Morgan fingerprint density at radius 1 is 1.40 bits per heavy atom. The molecular weight excluding hydrogens is 207 g/mol. The summed E-state index contributed by atoms with van der Waals surface area (Å²) in [6.45, 7) is -0.0504. The second kappa shape index (κ2) is 3.24. The summed E-state index contributed by atoms with van der Waals surface area (Å²) in [6, 6.07) is 6.03. The number of rotatable bonds is 0. The molecule has 78 valence electrons. The molecule has 0 bridgehead atoms. The van der Waals surface area contributed by atoms with Crippen LogP contribution >= 0.6 is 0 Å². The molecule has 0 N–H and O–H groups in total. The zero-order valence-corrected chi connectivity index (χ0v) is 7.51. The smallest absolute Gasteiger partial charge is 0.359 e. The first-order chi connectivity index (χ1) is 7.02. The average Bonchev–Trinajstić information content (AvgIpc) is 2.59. The van der Waals surface area contributed by atoms with Crippen molar-refractivity contribution in [2.24, 2.45) is 0 Å². The Labute approximate surface area is 83.9 Å². The summed E-state index contributed by atoms with van der Waals surface area (Å²) in [7, 11) is 0. The van der Waals surface area contributed by atoms with E-state index in [0.717, 1.165) is 0 Å². The molecule has 1 unspecified atom stereocenters. The molecule has 0 amide bonds. The van der Waals surface area contributed by atoms with Gasteiger partial charge in [0, 0.05) is 0 Å². The molecule has 5 heteroatoms. The molecule has 15 heavy (non-hydrogen) atoms. The molecule has 2 rings (SSSR count). The highest BCUT2D eigenvalue weighted by molar-refractivity contribution is 5.41. The third-order valence-electron chi connectivity index (χ3n) is 2.26. The second-order valence-corrected chi connectivity index (χ2v) is 3.26. The van der Waals surface area contributed by atoms with Crippen LogP contribution in [0.1, 0.15) is 22.8 Å². The molecular formula is C10H6F3NO. The second-order valence-electron chi connectivity index (χ2n) is 3.26. The molecule has 0 spiro atoms. The molecule has 1 heterocycles. The van der Waals surface area contributed by atoms with Crippen molar-refractivity contribution in [3.8, 4) is 6.07 Å². The zero-order valence-electron chi connectivity index (χ0n) is 7.51. The van der Waals surface area contributed by atoms with Crippen LogP contribution in [0.15, 0.2) is 18.2 Å². The van der Waals surface area contributed by atoms with Crippen LogP contribution < -0.4 is 0 Å². The minimum Gasteiger partial charge on any atom is -0.359 e. The Morgan fingerprint density at radius 2 is 2.13 bits per heavy atom. The van der Waals surface area contributed by atoms with Crippen molar-refractivity contribution in [1.82, 2.24) is 0 Å². The third-order valence-corrected chi connectivity index (χ3v) is 2.26. The van der Waals surface area contributed by atoms with E-state index in [1.807, 2.05) is 0 Å². The number of hydrogen-bond acceptors (Lipinski definition) is 2. The monoisotopic (exact) mass is 213 g/mol. The SMILES string of the molecule is N#Cc1ccc2c(c1)C(C(F)(F)F)OC2. The summed E-state index contributed by atoms with van der Waals surface area (Å²) in [6.07, 6.45) is -6.31. The van der Waals surface area contributed by atoms with Crippen molar-refractivity contribution in [2.75, 3.05) is 0 Å². The van der Waals surface area contributed by atoms with Crippen molar-refractivity contribution >= 4 is 0 Å². The number of alkyl halides is 3. The minimum absolute atomic E-state index is 0.0504. The first-order valence-electron chi connectivity index (χ1n) is 4.23. The summed E-state index contributed by atoms with van der Waals surface area (Å²) in [5.74, 6) is 0. The van der Waals surface area contributed by atoms with E-state index < -0.39 is 12.3 Å². The molecule has 0 aliphatic carbocycles. The van der Waals surface area contributed by atoms with Crippen molar-refractivity contribution in [3.05, 3.63) is 34.9 Å². The minimum atomic E-state index is -4.42. The van der Waals surface area contributed by atoms with Gasteiger partial charge < -0.3 is 4.74 Å². The number of nitrogens with zero attached hydrogens (tertiary/aromatic N) is 1. The van der Waals surface area contributed by atoms with Crippen LogP contribution in [0.4, 0.5) is 13.2 Å². The van der Waals surface area contributed by atoms with Gasteiger partial charge in [0.15, 0.2) is 6.10 Å². The fourth-order valence-corrected chi connectivity index (χ4v) is 1.57. The van der Waals surface area contributed by atoms with Crippen molar-refractivity contribution < 1.29 is 17.9 Å². The predicted octanol–water partition coefficient (Wildman–Crippen LogP) is 2.69. The molecule has 0 saturated carbocycles. The first-order valence-corrected chi connectivity index (χ1v) is 4.23. The topological polar surface area (TPSA) is 33.0 Å². The maximum atomic E-state index is 12.5. The van der Waals surface area contributed by atoms with Crippen LogP contribution in [0.25, 0.3) is 0 Å². The van der Waals surface area contributed by atoms with Gasteiger partial charge in [-0.3, -0.25) is 0 Å².